The summed E-state index contributed by atoms with van der Waals surface area (Å²) in [6.07, 6.45) is 0. The standard InChI is InChI=1S/C14H22N2O2/c1-17-10-12-3-4-14(9-13(12)11-18-2)16-7-5-15-6-8-16/h3-4,9,15H,5-8,10-11H2,1-2H3. The lowest BCUT2D eigenvalue weighted by atomic mass is 10.1. The summed E-state index contributed by atoms with van der Waals surface area (Å²) in [6, 6.07) is 6.55. The van der Waals surface area contributed by atoms with Gasteiger partial charge in [-0.15, -0.1) is 0 Å². The van der Waals surface area contributed by atoms with Gasteiger partial charge >= 0.3 is 0 Å². The number of nitrogens with one attached hydrogen (secondary N) is 1. The Labute approximate surface area is 109 Å². The Morgan fingerprint density at radius 1 is 1.06 bits per heavy atom. The van der Waals surface area contributed by atoms with E-state index in [2.05, 4.69) is 28.4 Å². The van der Waals surface area contributed by atoms with Crippen molar-refractivity contribution in [2.75, 3.05) is 45.3 Å². The Hall–Kier alpha value is -1.10. The van der Waals surface area contributed by atoms with E-state index in [0.29, 0.717) is 13.2 Å². The van der Waals surface area contributed by atoms with E-state index in [1.807, 2.05) is 0 Å². The van der Waals surface area contributed by atoms with Crippen LogP contribution in [0.5, 0.6) is 0 Å². The van der Waals surface area contributed by atoms with Gasteiger partial charge in [-0.3, -0.25) is 0 Å². The second-order valence-electron chi connectivity index (χ2n) is 4.56. The average Bonchev–Trinajstić information content (AvgIpc) is 2.42. The number of hydrogen-bond acceptors (Lipinski definition) is 4. The number of anilines is 1. The number of benzene rings is 1. The van der Waals surface area contributed by atoms with Gasteiger partial charge in [-0.05, 0) is 23.3 Å². The minimum absolute atomic E-state index is 0.638. The van der Waals surface area contributed by atoms with Crippen LogP contribution < -0.4 is 10.2 Å². The van der Waals surface area contributed by atoms with Crippen LogP contribution in [-0.4, -0.2) is 40.4 Å². The number of rotatable bonds is 5. The van der Waals surface area contributed by atoms with Crippen LogP contribution in [0.1, 0.15) is 11.1 Å². The lowest BCUT2D eigenvalue weighted by Crippen LogP contribution is -2.43. The predicted molar refractivity (Wildman–Crippen MR) is 73.0 cm³/mol. The molecule has 1 fully saturated rings. The molecular weight excluding hydrogens is 228 g/mol. The van der Waals surface area contributed by atoms with E-state index in [4.69, 9.17) is 9.47 Å². The van der Waals surface area contributed by atoms with Crippen LogP contribution in [0.25, 0.3) is 0 Å². The van der Waals surface area contributed by atoms with E-state index in [0.717, 1.165) is 26.2 Å². The third-order valence-corrected chi connectivity index (χ3v) is 3.27. The van der Waals surface area contributed by atoms with Crippen molar-refractivity contribution in [3.63, 3.8) is 0 Å². The molecule has 18 heavy (non-hydrogen) atoms. The van der Waals surface area contributed by atoms with Gasteiger partial charge in [-0.25, -0.2) is 0 Å². The monoisotopic (exact) mass is 250 g/mol. The third-order valence-electron chi connectivity index (χ3n) is 3.27. The highest BCUT2D eigenvalue weighted by molar-refractivity contribution is 5.51. The van der Waals surface area contributed by atoms with Gasteiger partial charge in [-0.2, -0.15) is 0 Å². The molecule has 0 aliphatic carbocycles. The zero-order valence-corrected chi connectivity index (χ0v) is 11.2. The normalized spacial score (nSPS) is 16.0. The van der Waals surface area contributed by atoms with E-state index in [1.165, 1.54) is 16.8 Å². The van der Waals surface area contributed by atoms with Crippen LogP contribution >= 0.6 is 0 Å². The van der Waals surface area contributed by atoms with Crippen molar-refractivity contribution in [1.82, 2.24) is 5.32 Å². The second-order valence-corrected chi connectivity index (χ2v) is 4.56. The summed E-state index contributed by atoms with van der Waals surface area (Å²) >= 11 is 0. The van der Waals surface area contributed by atoms with Gasteiger partial charge in [0.1, 0.15) is 0 Å². The highest BCUT2D eigenvalue weighted by Gasteiger charge is 2.12. The molecular formula is C14H22N2O2. The molecule has 0 radical (unpaired) electrons. The minimum atomic E-state index is 0.638. The summed E-state index contributed by atoms with van der Waals surface area (Å²) in [7, 11) is 3.45. The Balaban J connectivity index is 2.18. The Bertz CT molecular complexity index is 376. The van der Waals surface area contributed by atoms with Crippen molar-refractivity contribution in [1.29, 1.82) is 0 Å². The van der Waals surface area contributed by atoms with Gasteiger partial charge in [0, 0.05) is 46.1 Å². The van der Waals surface area contributed by atoms with Crippen LogP contribution in [0.3, 0.4) is 0 Å². The molecule has 0 unspecified atom stereocenters. The molecule has 0 spiro atoms. The number of hydrogen-bond donors (Lipinski definition) is 1. The number of piperazine rings is 1. The molecule has 1 aliphatic heterocycles. The lowest BCUT2D eigenvalue weighted by Gasteiger charge is -2.30. The number of ether oxygens (including phenoxy) is 2. The summed E-state index contributed by atoms with van der Waals surface area (Å²) < 4.78 is 10.5. The molecule has 1 heterocycles. The molecule has 1 aromatic carbocycles. The van der Waals surface area contributed by atoms with Crippen LogP contribution in [0, 0.1) is 0 Å². The fraction of sp³-hybridized carbons (Fsp3) is 0.571. The van der Waals surface area contributed by atoms with Crippen molar-refractivity contribution in [3.05, 3.63) is 29.3 Å². The van der Waals surface area contributed by atoms with Crippen molar-refractivity contribution in [2.45, 2.75) is 13.2 Å². The summed E-state index contributed by atoms with van der Waals surface area (Å²) in [5, 5.41) is 3.37. The Morgan fingerprint density at radius 3 is 2.39 bits per heavy atom. The molecule has 1 aliphatic rings. The highest BCUT2D eigenvalue weighted by atomic mass is 16.5. The molecule has 1 N–H and O–H groups in total. The third kappa shape index (κ3) is 3.22. The van der Waals surface area contributed by atoms with E-state index in [9.17, 15) is 0 Å². The fourth-order valence-corrected chi connectivity index (χ4v) is 2.32. The van der Waals surface area contributed by atoms with Crippen LogP contribution in [-0.2, 0) is 22.7 Å². The highest BCUT2D eigenvalue weighted by Crippen LogP contribution is 2.21. The SMILES string of the molecule is COCc1ccc(N2CCNCC2)cc1COC. The first-order chi connectivity index (χ1) is 8.85. The molecule has 0 atom stereocenters. The quantitative estimate of drug-likeness (QED) is 0.856. The zero-order valence-electron chi connectivity index (χ0n) is 11.2. The first-order valence-corrected chi connectivity index (χ1v) is 6.40. The van der Waals surface area contributed by atoms with Crippen LogP contribution in [0.4, 0.5) is 5.69 Å². The van der Waals surface area contributed by atoms with E-state index in [1.54, 1.807) is 14.2 Å². The van der Waals surface area contributed by atoms with Gasteiger partial charge in [0.05, 0.1) is 13.2 Å². The molecule has 4 heteroatoms. The van der Waals surface area contributed by atoms with E-state index < -0.39 is 0 Å². The van der Waals surface area contributed by atoms with Gasteiger partial charge in [0.15, 0.2) is 0 Å². The van der Waals surface area contributed by atoms with Crippen LogP contribution in [0.15, 0.2) is 18.2 Å². The smallest absolute Gasteiger partial charge is 0.0717 e. The van der Waals surface area contributed by atoms with Gasteiger partial charge in [0.25, 0.3) is 0 Å². The largest absolute Gasteiger partial charge is 0.380 e. The molecule has 1 aromatic rings. The van der Waals surface area contributed by atoms with E-state index in [-0.39, 0.29) is 0 Å². The topological polar surface area (TPSA) is 33.7 Å². The van der Waals surface area contributed by atoms with Crippen molar-refractivity contribution >= 4 is 5.69 Å². The van der Waals surface area contributed by atoms with Gasteiger partial charge in [0.2, 0.25) is 0 Å². The zero-order chi connectivity index (χ0) is 12.8. The maximum Gasteiger partial charge on any atom is 0.0717 e. The molecule has 0 bridgehead atoms. The Kier molecular flexibility index (Phi) is 4.99. The fourth-order valence-electron chi connectivity index (χ4n) is 2.32. The number of methoxy groups -OCH3 is 2. The molecule has 0 amide bonds. The first kappa shape index (κ1) is 13.3. The predicted octanol–water partition coefficient (Wildman–Crippen LogP) is 1.39. The van der Waals surface area contributed by atoms with E-state index >= 15 is 0 Å². The lowest BCUT2D eigenvalue weighted by molar-refractivity contribution is 0.168. The van der Waals surface area contributed by atoms with Gasteiger partial charge in [-0.1, -0.05) is 6.07 Å². The maximum atomic E-state index is 5.27. The summed E-state index contributed by atoms with van der Waals surface area (Å²) in [5.41, 5.74) is 3.71. The summed E-state index contributed by atoms with van der Waals surface area (Å²) in [5.74, 6) is 0. The maximum absolute atomic E-state index is 5.27. The Morgan fingerprint density at radius 2 is 1.72 bits per heavy atom. The molecule has 1 saturated heterocycles. The molecule has 0 saturated carbocycles. The molecule has 0 aromatic heterocycles. The summed E-state index contributed by atoms with van der Waals surface area (Å²) in [6.45, 7) is 5.52. The summed E-state index contributed by atoms with van der Waals surface area (Å²) in [4.78, 5) is 2.41. The van der Waals surface area contributed by atoms with Gasteiger partial charge < -0.3 is 19.7 Å². The molecule has 4 nitrogen and oxygen atoms in total. The average molecular weight is 250 g/mol. The minimum Gasteiger partial charge on any atom is -0.380 e. The molecule has 2 rings (SSSR count). The first-order valence-electron chi connectivity index (χ1n) is 6.40. The van der Waals surface area contributed by atoms with Crippen molar-refractivity contribution in [3.8, 4) is 0 Å². The van der Waals surface area contributed by atoms with Crippen molar-refractivity contribution in [2.24, 2.45) is 0 Å². The number of nitrogens with zero attached hydrogens (tertiary/aromatic N) is 1. The van der Waals surface area contributed by atoms with Crippen LogP contribution in [0.2, 0.25) is 0 Å². The van der Waals surface area contributed by atoms with Crippen molar-refractivity contribution < 1.29 is 9.47 Å². The molecule has 100 valence electrons. The second kappa shape index (κ2) is 6.73.